The highest BCUT2D eigenvalue weighted by Crippen LogP contribution is 2.16. The minimum absolute atomic E-state index is 0.367. The van der Waals surface area contributed by atoms with Crippen LogP contribution in [0.5, 0.6) is 5.75 Å². The fraction of sp³-hybridized carbons (Fsp3) is 0.176. The maximum absolute atomic E-state index is 11.8. The van der Waals surface area contributed by atoms with Crippen LogP contribution in [0.1, 0.15) is 5.56 Å². The molecule has 2 amide bonds. The molecule has 6 heteroatoms. The van der Waals surface area contributed by atoms with Crippen molar-refractivity contribution in [3.63, 3.8) is 0 Å². The molecule has 0 aliphatic heterocycles. The van der Waals surface area contributed by atoms with Gasteiger partial charge >= 0.3 is 11.8 Å². The largest absolute Gasteiger partial charge is 0.497 e. The predicted molar refractivity (Wildman–Crippen MR) is 89.8 cm³/mol. The number of ether oxygens (including phenoxy) is 1. The Bertz CT molecular complexity index is 686. The molecule has 5 nitrogen and oxygen atoms in total. The smallest absolute Gasteiger partial charge is 0.313 e. The molecule has 0 fully saturated rings. The highest BCUT2D eigenvalue weighted by atomic mass is 35.5. The molecule has 0 aliphatic carbocycles. The van der Waals surface area contributed by atoms with Gasteiger partial charge in [0.1, 0.15) is 5.75 Å². The molecular formula is C17H17ClN2O3. The normalized spacial score (nSPS) is 10.0. The molecule has 0 heterocycles. The summed E-state index contributed by atoms with van der Waals surface area (Å²) < 4.78 is 5.06. The second kappa shape index (κ2) is 8.19. The summed E-state index contributed by atoms with van der Waals surface area (Å²) in [6.07, 6.45) is 0.620. The Balaban J connectivity index is 1.80. The zero-order chi connectivity index (χ0) is 16.7. The summed E-state index contributed by atoms with van der Waals surface area (Å²) in [5.41, 5.74) is 1.53. The Hall–Kier alpha value is -2.53. The Morgan fingerprint density at radius 1 is 1.09 bits per heavy atom. The number of halogens is 1. The Labute approximate surface area is 139 Å². The fourth-order valence-electron chi connectivity index (χ4n) is 1.94. The van der Waals surface area contributed by atoms with Crippen molar-refractivity contribution in [2.45, 2.75) is 6.42 Å². The van der Waals surface area contributed by atoms with Crippen LogP contribution >= 0.6 is 11.6 Å². The van der Waals surface area contributed by atoms with Crippen molar-refractivity contribution in [1.29, 1.82) is 0 Å². The van der Waals surface area contributed by atoms with Crippen LogP contribution in [-0.2, 0) is 16.0 Å². The van der Waals surface area contributed by atoms with Gasteiger partial charge in [-0.15, -0.1) is 0 Å². The predicted octanol–water partition coefficient (Wildman–Crippen LogP) is 2.65. The SMILES string of the molecule is COc1cccc(NC(=O)C(=O)NCCc2ccc(Cl)cc2)c1. The quantitative estimate of drug-likeness (QED) is 0.827. The standard InChI is InChI=1S/C17H17ClN2O3/c1-23-15-4-2-3-14(11-15)20-17(22)16(21)19-10-9-12-5-7-13(18)8-6-12/h2-8,11H,9-10H2,1H3,(H,19,21)(H,20,22). The summed E-state index contributed by atoms with van der Waals surface area (Å²) >= 11 is 5.80. The minimum atomic E-state index is -0.714. The third-order valence-corrected chi connectivity index (χ3v) is 3.40. The maximum Gasteiger partial charge on any atom is 0.313 e. The zero-order valence-electron chi connectivity index (χ0n) is 12.6. The first-order chi connectivity index (χ1) is 11.1. The first-order valence-electron chi connectivity index (χ1n) is 7.06. The minimum Gasteiger partial charge on any atom is -0.497 e. The van der Waals surface area contributed by atoms with Gasteiger partial charge in [0.25, 0.3) is 0 Å². The number of hydrogen-bond acceptors (Lipinski definition) is 3. The van der Waals surface area contributed by atoms with Gasteiger partial charge in [0.15, 0.2) is 0 Å². The van der Waals surface area contributed by atoms with Crippen LogP contribution in [0.4, 0.5) is 5.69 Å². The molecule has 23 heavy (non-hydrogen) atoms. The monoisotopic (exact) mass is 332 g/mol. The van der Waals surface area contributed by atoms with Crippen molar-refractivity contribution in [3.05, 3.63) is 59.1 Å². The van der Waals surface area contributed by atoms with E-state index in [1.165, 1.54) is 7.11 Å². The molecule has 0 saturated heterocycles. The van der Waals surface area contributed by atoms with Gasteiger partial charge in [0.2, 0.25) is 0 Å². The van der Waals surface area contributed by atoms with Crippen molar-refractivity contribution in [2.75, 3.05) is 19.0 Å². The number of anilines is 1. The van der Waals surface area contributed by atoms with Crippen molar-refractivity contribution in [1.82, 2.24) is 5.32 Å². The number of carbonyl (C=O) groups excluding carboxylic acids is 2. The number of nitrogens with one attached hydrogen (secondary N) is 2. The molecule has 0 radical (unpaired) electrons. The zero-order valence-corrected chi connectivity index (χ0v) is 13.4. The van der Waals surface area contributed by atoms with E-state index in [0.717, 1.165) is 5.56 Å². The molecule has 0 aliphatic rings. The Morgan fingerprint density at radius 3 is 2.52 bits per heavy atom. The van der Waals surface area contributed by atoms with Crippen LogP contribution in [0.2, 0.25) is 5.02 Å². The van der Waals surface area contributed by atoms with Crippen molar-refractivity contribution in [3.8, 4) is 5.75 Å². The number of benzene rings is 2. The van der Waals surface area contributed by atoms with Gasteiger partial charge in [0, 0.05) is 23.3 Å². The van der Waals surface area contributed by atoms with E-state index in [4.69, 9.17) is 16.3 Å². The number of amides is 2. The average molecular weight is 333 g/mol. The number of rotatable bonds is 5. The lowest BCUT2D eigenvalue weighted by Gasteiger charge is -2.08. The summed E-state index contributed by atoms with van der Waals surface area (Å²) in [5, 5.41) is 5.77. The van der Waals surface area contributed by atoms with E-state index >= 15 is 0 Å². The highest BCUT2D eigenvalue weighted by molar-refractivity contribution is 6.39. The van der Waals surface area contributed by atoms with E-state index in [-0.39, 0.29) is 0 Å². The van der Waals surface area contributed by atoms with Crippen molar-refractivity contribution < 1.29 is 14.3 Å². The lowest BCUT2D eigenvalue weighted by Crippen LogP contribution is -2.36. The number of methoxy groups -OCH3 is 1. The summed E-state index contributed by atoms with van der Waals surface area (Å²) in [5.74, 6) is -0.790. The van der Waals surface area contributed by atoms with Crippen LogP contribution in [0, 0.1) is 0 Å². The van der Waals surface area contributed by atoms with Crippen molar-refractivity contribution >= 4 is 29.1 Å². The molecule has 0 bridgehead atoms. The lowest BCUT2D eigenvalue weighted by atomic mass is 10.1. The van der Waals surface area contributed by atoms with Gasteiger partial charge in [-0.2, -0.15) is 0 Å². The summed E-state index contributed by atoms with van der Waals surface area (Å²) in [4.78, 5) is 23.6. The number of hydrogen-bond donors (Lipinski definition) is 2. The van der Waals surface area contributed by atoms with E-state index in [9.17, 15) is 9.59 Å². The summed E-state index contributed by atoms with van der Waals surface area (Å²) in [6.45, 7) is 0.367. The molecule has 0 unspecified atom stereocenters. The second-order valence-electron chi connectivity index (χ2n) is 4.82. The van der Waals surface area contributed by atoms with Gasteiger partial charge in [0.05, 0.1) is 7.11 Å². The number of carbonyl (C=O) groups is 2. The molecule has 2 aromatic carbocycles. The van der Waals surface area contributed by atoms with E-state index in [2.05, 4.69) is 10.6 Å². The second-order valence-corrected chi connectivity index (χ2v) is 5.25. The first-order valence-corrected chi connectivity index (χ1v) is 7.44. The molecule has 0 atom stereocenters. The van der Waals surface area contributed by atoms with Crippen LogP contribution in [0.3, 0.4) is 0 Å². The molecule has 0 aromatic heterocycles. The molecule has 0 spiro atoms. The van der Waals surface area contributed by atoms with Crippen molar-refractivity contribution in [2.24, 2.45) is 0 Å². The van der Waals surface area contributed by atoms with E-state index in [0.29, 0.717) is 29.4 Å². The maximum atomic E-state index is 11.8. The van der Waals surface area contributed by atoms with E-state index < -0.39 is 11.8 Å². The average Bonchev–Trinajstić information content (AvgIpc) is 2.56. The highest BCUT2D eigenvalue weighted by Gasteiger charge is 2.13. The summed E-state index contributed by atoms with van der Waals surface area (Å²) in [7, 11) is 1.53. The van der Waals surface area contributed by atoms with Crippen LogP contribution < -0.4 is 15.4 Å². The van der Waals surface area contributed by atoms with Gasteiger partial charge in [-0.25, -0.2) is 0 Å². The Morgan fingerprint density at radius 2 is 1.83 bits per heavy atom. The van der Waals surface area contributed by atoms with E-state index in [1.807, 2.05) is 12.1 Å². The van der Waals surface area contributed by atoms with Gasteiger partial charge in [-0.05, 0) is 36.2 Å². The third-order valence-electron chi connectivity index (χ3n) is 3.15. The van der Waals surface area contributed by atoms with Gasteiger partial charge in [-0.1, -0.05) is 29.8 Å². The lowest BCUT2D eigenvalue weighted by molar-refractivity contribution is -0.136. The van der Waals surface area contributed by atoms with Crippen LogP contribution in [0.15, 0.2) is 48.5 Å². The molecular weight excluding hydrogens is 316 g/mol. The molecule has 2 N–H and O–H groups in total. The van der Waals surface area contributed by atoms with E-state index in [1.54, 1.807) is 36.4 Å². The summed E-state index contributed by atoms with van der Waals surface area (Å²) in [6, 6.07) is 14.1. The molecule has 0 saturated carbocycles. The molecule has 120 valence electrons. The third kappa shape index (κ3) is 5.30. The van der Waals surface area contributed by atoms with Crippen LogP contribution in [-0.4, -0.2) is 25.5 Å². The van der Waals surface area contributed by atoms with Gasteiger partial charge in [-0.3, -0.25) is 9.59 Å². The van der Waals surface area contributed by atoms with Gasteiger partial charge < -0.3 is 15.4 Å². The Kier molecular flexibility index (Phi) is 6.00. The molecule has 2 aromatic rings. The first kappa shape index (κ1) is 16.8. The fourth-order valence-corrected chi connectivity index (χ4v) is 2.07. The van der Waals surface area contributed by atoms with Crippen LogP contribution in [0.25, 0.3) is 0 Å². The molecule has 2 rings (SSSR count). The topological polar surface area (TPSA) is 67.4 Å².